The first kappa shape index (κ1) is 10.5. The molecule has 0 amide bonds. The molecule has 0 spiro atoms. The largest absolute Gasteiger partial charge is 0.369 e. The lowest BCUT2D eigenvalue weighted by atomic mass is 10.1. The number of nitrogens with zero attached hydrogens (tertiary/aromatic N) is 2. The van der Waals surface area contributed by atoms with Crippen molar-refractivity contribution >= 4 is 0 Å². The van der Waals surface area contributed by atoms with Gasteiger partial charge in [0.2, 0.25) is 0 Å². The van der Waals surface area contributed by atoms with Gasteiger partial charge < -0.3 is 15.0 Å². The molecule has 3 rings (SSSR count). The molecule has 2 heterocycles. The molecule has 17 heavy (non-hydrogen) atoms. The van der Waals surface area contributed by atoms with E-state index in [2.05, 4.69) is 4.98 Å². The third-order valence-corrected chi connectivity index (χ3v) is 3.10. The number of imidazole rings is 1. The van der Waals surface area contributed by atoms with Crippen LogP contribution in [0.25, 0.3) is 5.69 Å². The van der Waals surface area contributed by atoms with Crippen molar-refractivity contribution in [3.63, 3.8) is 0 Å². The zero-order valence-electron chi connectivity index (χ0n) is 9.49. The van der Waals surface area contributed by atoms with Crippen LogP contribution in [0.4, 0.5) is 0 Å². The predicted octanol–water partition coefficient (Wildman–Crippen LogP) is 1.66. The highest BCUT2D eigenvalue weighted by Crippen LogP contribution is 2.28. The van der Waals surface area contributed by atoms with Crippen LogP contribution >= 0.6 is 0 Å². The summed E-state index contributed by atoms with van der Waals surface area (Å²) in [4.78, 5) is 4.38. The number of ether oxygens (including phenoxy) is 1. The minimum absolute atomic E-state index is 0.0415. The van der Waals surface area contributed by atoms with Gasteiger partial charge >= 0.3 is 0 Å². The van der Waals surface area contributed by atoms with Gasteiger partial charge in [0.15, 0.2) is 0 Å². The highest BCUT2D eigenvalue weighted by atomic mass is 16.5. The highest BCUT2D eigenvalue weighted by molar-refractivity contribution is 5.33. The van der Waals surface area contributed by atoms with Gasteiger partial charge in [0.25, 0.3) is 0 Å². The van der Waals surface area contributed by atoms with Crippen LogP contribution in [0.15, 0.2) is 42.7 Å². The molecule has 1 fully saturated rings. The standard InChI is InChI=1S/C13H15N3O/c14-11-6-9-17-12(11)13-15-7-8-16(13)10-4-2-1-3-5-10/h1-5,7-8,11-12H,6,9,14H2/t11-,12+/m0/s1. The Balaban J connectivity index is 2.00. The quantitative estimate of drug-likeness (QED) is 0.852. The van der Waals surface area contributed by atoms with E-state index >= 15 is 0 Å². The fourth-order valence-electron chi connectivity index (χ4n) is 2.20. The van der Waals surface area contributed by atoms with Crippen molar-refractivity contribution in [2.75, 3.05) is 6.61 Å². The van der Waals surface area contributed by atoms with E-state index in [0.717, 1.165) is 17.9 Å². The van der Waals surface area contributed by atoms with E-state index in [1.165, 1.54) is 0 Å². The van der Waals surface area contributed by atoms with Gasteiger partial charge in [-0.05, 0) is 18.6 Å². The Bertz CT molecular complexity index is 494. The monoisotopic (exact) mass is 229 g/mol. The second kappa shape index (κ2) is 4.31. The zero-order chi connectivity index (χ0) is 11.7. The molecule has 0 saturated carbocycles. The summed E-state index contributed by atoms with van der Waals surface area (Å²) in [5.74, 6) is 0.890. The van der Waals surface area contributed by atoms with Crippen molar-refractivity contribution in [3.8, 4) is 5.69 Å². The van der Waals surface area contributed by atoms with E-state index in [9.17, 15) is 0 Å². The molecule has 88 valence electrons. The van der Waals surface area contributed by atoms with Crippen LogP contribution in [0, 0.1) is 0 Å². The number of hydrogen-bond donors (Lipinski definition) is 1. The van der Waals surface area contributed by atoms with Crippen LogP contribution in [-0.2, 0) is 4.74 Å². The maximum atomic E-state index is 6.04. The second-order valence-corrected chi connectivity index (χ2v) is 4.23. The second-order valence-electron chi connectivity index (χ2n) is 4.23. The van der Waals surface area contributed by atoms with Gasteiger partial charge in [-0.15, -0.1) is 0 Å². The molecule has 2 atom stereocenters. The van der Waals surface area contributed by atoms with Crippen molar-refractivity contribution in [3.05, 3.63) is 48.5 Å². The molecule has 0 unspecified atom stereocenters. The molecule has 0 bridgehead atoms. The number of benzene rings is 1. The van der Waals surface area contributed by atoms with Crippen LogP contribution < -0.4 is 5.73 Å². The normalized spacial score (nSPS) is 24.1. The Kier molecular flexibility index (Phi) is 2.66. The fourth-order valence-corrected chi connectivity index (χ4v) is 2.20. The first-order valence-corrected chi connectivity index (χ1v) is 5.82. The summed E-state index contributed by atoms with van der Waals surface area (Å²) < 4.78 is 7.70. The summed E-state index contributed by atoms with van der Waals surface area (Å²) in [5.41, 5.74) is 7.12. The molecule has 1 aliphatic rings. The van der Waals surface area contributed by atoms with Gasteiger partial charge in [0.05, 0.1) is 0 Å². The Morgan fingerprint density at radius 3 is 2.82 bits per heavy atom. The third kappa shape index (κ3) is 1.85. The lowest BCUT2D eigenvalue weighted by molar-refractivity contribution is 0.0968. The molecule has 1 aliphatic heterocycles. The summed E-state index contributed by atoms with van der Waals surface area (Å²) >= 11 is 0. The van der Waals surface area contributed by atoms with Crippen LogP contribution in [-0.4, -0.2) is 22.2 Å². The lowest BCUT2D eigenvalue weighted by Crippen LogP contribution is -2.25. The van der Waals surface area contributed by atoms with Crippen LogP contribution in [0.2, 0.25) is 0 Å². The molecule has 1 aromatic carbocycles. The highest BCUT2D eigenvalue weighted by Gasteiger charge is 2.30. The molecule has 2 aromatic rings. The number of para-hydroxylation sites is 1. The van der Waals surface area contributed by atoms with E-state index in [0.29, 0.717) is 6.61 Å². The molecule has 1 aromatic heterocycles. The Labute approximate surface area is 100 Å². The van der Waals surface area contributed by atoms with Gasteiger partial charge in [-0.1, -0.05) is 18.2 Å². The maximum absolute atomic E-state index is 6.04. The summed E-state index contributed by atoms with van der Waals surface area (Å²) in [6, 6.07) is 10.2. The minimum atomic E-state index is -0.0924. The smallest absolute Gasteiger partial charge is 0.144 e. The average Bonchev–Trinajstić information content (AvgIpc) is 2.98. The molecule has 4 nitrogen and oxygen atoms in total. The van der Waals surface area contributed by atoms with Crippen molar-refractivity contribution in [2.24, 2.45) is 5.73 Å². The summed E-state index contributed by atoms with van der Waals surface area (Å²) in [6.07, 6.45) is 4.53. The van der Waals surface area contributed by atoms with E-state index in [1.54, 1.807) is 6.20 Å². The fraction of sp³-hybridized carbons (Fsp3) is 0.308. The van der Waals surface area contributed by atoms with Gasteiger partial charge in [-0.2, -0.15) is 0 Å². The van der Waals surface area contributed by atoms with Gasteiger partial charge in [-0.25, -0.2) is 4.98 Å². The number of nitrogens with two attached hydrogens (primary N) is 1. The summed E-state index contributed by atoms with van der Waals surface area (Å²) in [5, 5.41) is 0. The summed E-state index contributed by atoms with van der Waals surface area (Å²) in [7, 11) is 0. The van der Waals surface area contributed by atoms with E-state index < -0.39 is 0 Å². The van der Waals surface area contributed by atoms with Crippen LogP contribution in [0.3, 0.4) is 0 Å². The van der Waals surface area contributed by atoms with Gasteiger partial charge in [0, 0.05) is 30.7 Å². The molecule has 0 radical (unpaired) electrons. The van der Waals surface area contributed by atoms with Gasteiger partial charge in [-0.3, -0.25) is 0 Å². The van der Waals surface area contributed by atoms with Crippen molar-refractivity contribution in [2.45, 2.75) is 18.6 Å². The van der Waals surface area contributed by atoms with Gasteiger partial charge in [0.1, 0.15) is 11.9 Å². The van der Waals surface area contributed by atoms with E-state index in [4.69, 9.17) is 10.5 Å². The topological polar surface area (TPSA) is 53.1 Å². The van der Waals surface area contributed by atoms with Crippen molar-refractivity contribution < 1.29 is 4.74 Å². The number of rotatable bonds is 2. The summed E-state index contributed by atoms with van der Waals surface area (Å²) in [6.45, 7) is 0.716. The minimum Gasteiger partial charge on any atom is -0.369 e. The Hall–Kier alpha value is -1.65. The first-order valence-electron chi connectivity index (χ1n) is 5.82. The molecular weight excluding hydrogens is 214 g/mol. The number of hydrogen-bond acceptors (Lipinski definition) is 3. The molecular formula is C13H15N3O. The SMILES string of the molecule is N[C@H]1CCO[C@H]1c1nccn1-c1ccccc1. The Morgan fingerprint density at radius 2 is 2.12 bits per heavy atom. The predicted molar refractivity (Wildman–Crippen MR) is 64.8 cm³/mol. The van der Waals surface area contributed by atoms with E-state index in [1.807, 2.05) is 41.1 Å². The lowest BCUT2D eigenvalue weighted by Gasteiger charge is -2.16. The van der Waals surface area contributed by atoms with Crippen molar-refractivity contribution in [1.82, 2.24) is 9.55 Å². The maximum Gasteiger partial charge on any atom is 0.144 e. The first-order chi connectivity index (χ1) is 8.36. The third-order valence-electron chi connectivity index (χ3n) is 3.10. The van der Waals surface area contributed by atoms with Crippen LogP contribution in [0.1, 0.15) is 18.3 Å². The molecule has 2 N–H and O–H groups in total. The molecule has 1 saturated heterocycles. The van der Waals surface area contributed by atoms with E-state index in [-0.39, 0.29) is 12.1 Å². The van der Waals surface area contributed by atoms with Crippen molar-refractivity contribution in [1.29, 1.82) is 0 Å². The molecule has 0 aliphatic carbocycles. The van der Waals surface area contributed by atoms with Crippen LogP contribution in [0.5, 0.6) is 0 Å². The molecule has 4 heteroatoms. The average molecular weight is 229 g/mol. The Morgan fingerprint density at radius 1 is 1.29 bits per heavy atom. The number of aromatic nitrogens is 2. The zero-order valence-corrected chi connectivity index (χ0v) is 9.49.